The minimum absolute atomic E-state index is 0.0319. The third kappa shape index (κ3) is 3.59. The fourth-order valence-corrected chi connectivity index (χ4v) is 4.27. The topological polar surface area (TPSA) is 38.8 Å². The molecule has 5 heteroatoms. The monoisotopic (exact) mass is 307 g/mol. The molecular formula is C16H21NO3S. The summed E-state index contributed by atoms with van der Waals surface area (Å²) in [5, 5.41) is 0. The molecular weight excluding hydrogens is 286 g/mol. The molecule has 0 saturated carbocycles. The Bertz CT molecular complexity index is 508. The van der Waals surface area contributed by atoms with Crippen LogP contribution in [-0.4, -0.2) is 56.1 Å². The summed E-state index contributed by atoms with van der Waals surface area (Å²) in [6, 6.07) is 8.68. The van der Waals surface area contributed by atoms with Gasteiger partial charge in [0.05, 0.1) is 26.2 Å². The van der Waals surface area contributed by atoms with Crippen LogP contribution in [0.15, 0.2) is 29.2 Å². The van der Waals surface area contributed by atoms with E-state index in [-0.39, 0.29) is 12.1 Å². The number of hydrogen-bond acceptors (Lipinski definition) is 5. The van der Waals surface area contributed by atoms with Crippen LogP contribution in [0.4, 0.5) is 0 Å². The number of nitrogens with zero attached hydrogens (tertiary/aromatic N) is 1. The van der Waals surface area contributed by atoms with Crippen molar-refractivity contribution in [3.8, 4) is 0 Å². The van der Waals surface area contributed by atoms with Crippen LogP contribution in [0.25, 0.3) is 0 Å². The van der Waals surface area contributed by atoms with E-state index < -0.39 is 0 Å². The molecule has 0 amide bonds. The molecule has 1 aromatic rings. The first kappa shape index (κ1) is 14.9. The summed E-state index contributed by atoms with van der Waals surface area (Å²) in [4.78, 5) is 15.2. The van der Waals surface area contributed by atoms with E-state index in [0.29, 0.717) is 18.9 Å². The maximum atomic E-state index is 11.4. The zero-order valence-electron chi connectivity index (χ0n) is 12.3. The van der Waals surface area contributed by atoms with E-state index in [2.05, 4.69) is 29.2 Å². The number of hydrogen-bond donors (Lipinski definition) is 0. The van der Waals surface area contributed by atoms with Crippen molar-refractivity contribution in [1.29, 1.82) is 0 Å². The summed E-state index contributed by atoms with van der Waals surface area (Å²) in [6.07, 6.45) is 0.318. The van der Waals surface area contributed by atoms with Crippen molar-refractivity contribution in [2.24, 2.45) is 0 Å². The lowest BCUT2D eigenvalue weighted by molar-refractivity contribution is -0.145. The largest absolute Gasteiger partial charge is 0.469 e. The first-order valence-corrected chi connectivity index (χ1v) is 8.37. The normalized spacial score (nSPS) is 25.6. The summed E-state index contributed by atoms with van der Waals surface area (Å²) in [5.41, 5.74) is 1.47. The number of methoxy groups -OCH3 is 1. The lowest BCUT2D eigenvalue weighted by atomic mass is 10.0. The highest BCUT2D eigenvalue weighted by Crippen LogP contribution is 2.39. The molecule has 1 aromatic carbocycles. The number of carbonyl (C=O) groups is 1. The minimum atomic E-state index is -0.191. The van der Waals surface area contributed by atoms with E-state index in [9.17, 15) is 4.79 Å². The molecule has 3 rings (SSSR count). The fourth-order valence-electron chi connectivity index (χ4n) is 3.03. The van der Waals surface area contributed by atoms with Crippen LogP contribution >= 0.6 is 11.8 Å². The molecule has 21 heavy (non-hydrogen) atoms. The summed E-state index contributed by atoms with van der Waals surface area (Å²) < 4.78 is 10.4. The van der Waals surface area contributed by atoms with E-state index in [1.165, 1.54) is 17.6 Å². The average Bonchev–Trinajstić information content (AvgIpc) is 2.91. The van der Waals surface area contributed by atoms with Gasteiger partial charge in [-0.3, -0.25) is 9.69 Å². The smallest absolute Gasteiger partial charge is 0.308 e. The van der Waals surface area contributed by atoms with Crippen molar-refractivity contribution in [1.82, 2.24) is 4.90 Å². The second-order valence-corrected chi connectivity index (χ2v) is 6.64. The first-order valence-electron chi connectivity index (χ1n) is 7.38. The quantitative estimate of drug-likeness (QED) is 0.797. The van der Waals surface area contributed by atoms with E-state index in [4.69, 9.17) is 9.47 Å². The van der Waals surface area contributed by atoms with Crippen molar-refractivity contribution in [2.45, 2.75) is 23.3 Å². The van der Waals surface area contributed by atoms with Gasteiger partial charge in [-0.05, 0) is 11.6 Å². The lowest BCUT2D eigenvalue weighted by Gasteiger charge is -2.34. The third-order valence-corrected chi connectivity index (χ3v) is 5.37. The van der Waals surface area contributed by atoms with E-state index in [1.54, 1.807) is 0 Å². The maximum Gasteiger partial charge on any atom is 0.308 e. The minimum Gasteiger partial charge on any atom is -0.469 e. The highest BCUT2D eigenvalue weighted by molar-refractivity contribution is 7.99. The Morgan fingerprint density at radius 3 is 3.19 bits per heavy atom. The first-order chi connectivity index (χ1) is 10.3. The highest BCUT2D eigenvalue weighted by atomic mass is 32.2. The molecule has 2 aliphatic heterocycles. The van der Waals surface area contributed by atoms with E-state index in [0.717, 1.165) is 25.4 Å². The van der Waals surface area contributed by atoms with Crippen molar-refractivity contribution in [2.75, 3.05) is 39.1 Å². The van der Waals surface area contributed by atoms with Crippen LogP contribution in [0.3, 0.4) is 0 Å². The van der Waals surface area contributed by atoms with Gasteiger partial charge in [-0.15, -0.1) is 11.8 Å². The molecule has 0 spiro atoms. The van der Waals surface area contributed by atoms with Gasteiger partial charge in [-0.25, -0.2) is 0 Å². The Morgan fingerprint density at radius 2 is 2.33 bits per heavy atom. The van der Waals surface area contributed by atoms with Crippen molar-refractivity contribution in [3.63, 3.8) is 0 Å². The molecule has 0 radical (unpaired) electrons. The number of morpholine rings is 1. The van der Waals surface area contributed by atoms with Crippen molar-refractivity contribution >= 4 is 17.7 Å². The fraction of sp³-hybridized carbons (Fsp3) is 0.562. The Morgan fingerprint density at radius 1 is 1.48 bits per heavy atom. The molecule has 4 nitrogen and oxygen atoms in total. The van der Waals surface area contributed by atoms with Gasteiger partial charge in [0.1, 0.15) is 0 Å². The van der Waals surface area contributed by atoms with Gasteiger partial charge in [0.2, 0.25) is 0 Å². The molecule has 0 bridgehead atoms. The van der Waals surface area contributed by atoms with Crippen molar-refractivity contribution in [3.05, 3.63) is 29.8 Å². The zero-order chi connectivity index (χ0) is 14.7. The molecule has 2 aliphatic rings. The number of esters is 1. The lowest BCUT2D eigenvalue weighted by Crippen LogP contribution is -2.45. The molecule has 1 fully saturated rings. The zero-order valence-corrected chi connectivity index (χ0v) is 13.1. The Balaban J connectivity index is 1.57. The Kier molecular flexibility index (Phi) is 4.83. The number of ether oxygens (including phenoxy) is 2. The number of carbonyl (C=O) groups excluding carboxylic acids is 1. The third-order valence-electron chi connectivity index (χ3n) is 4.12. The van der Waals surface area contributed by atoms with Gasteiger partial charge in [0, 0.05) is 36.2 Å². The molecule has 0 aliphatic carbocycles. The predicted octanol–water partition coefficient (Wildman–Crippen LogP) is 2.14. The SMILES string of the molecule is COC(=O)CC1CN(CC2CSc3ccccc32)CCO1. The van der Waals surface area contributed by atoms with E-state index >= 15 is 0 Å². The van der Waals surface area contributed by atoms with E-state index in [1.807, 2.05) is 11.8 Å². The Hall–Kier alpha value is -1.04. The van der Waals surface area contributed by atoms with Gasteiger partial charge in [0.25, 0.3) is 0 Å². The van der Waals surface area contributed by atoms with Crippen molar-refractivity contribution < 1.29 is 14.3 Å². The van der Waals surface area contributed by atoms with Crippen LogP contribution in [-0.2, 0) is 14.3 Å². The highest BCUT2D eigenvalue weighted by Gasteiger charge is 2.28. The number of fused-ring (bicyclic) bond motifs is 1. The summed E-state index contributed by atoms with van der Waals surface area (Å²) in [6.45, 7) is 3.51. The van der Waals surface area contributed by atoms with Gasteiger partial charge in [0.15, 0.2) is 0 Å². The average molecular weight is 307 g/mol. The van der Waals surface area contributed by atoms with Crippen LogP contribution in [0.2, 0.25) is 0 Å². The maximum absolute atomic E-state index is 11.4. The van der Waals surface area contributed by atoms with Gasteiger partial charge in [-0.1, -0.05) is 18.2 Å². The number of benzene rings is 1. The molecule has 2 unspecified atom stereocenters. The van der Waals surface area contributed by atoms with Crippen LogP contribution in [0, 0.1) is 0 Å². The molecule has 2 heterocycles. The standard InChI is InChI=1S/C16H21NO3S/c1-19-16(18)8-13-10-17(6-7-20-13)9-12-11-21-15-5-3-2-4-14(12)15/h2-5,12-13H,6-11H2,1H3. The van der Waals surface area contributed by atoms with Crippen LogP contribution in [0.5, 0.6) is 0 Å². The molecule has 114 valence electrons. The molecule has 0 N–H and O–H groups in total. The predicted molar refractivity (Wildman–Crippen MR) is 82.7 cm³/mol. The Labute approximate surface area is 129 Å². The molecule has 2 atom stereocenters. The molecule has 0 aromatic heterocycles. The van der Waals surface area contributed by atoms with Gasteiger partial charge in [-0.2, -0.15) is 0 Å². The van der Waals surface area contributed by atoms with Gasteiger partial charge < -0.3 is 9.47 Å². The van der Waals surface area contributed by atoms with Gasteiger partial charge >= 0.3 is 5.97 Å². The molecule has 1 saturated heterocycles. The van der Waals surface area contributed by atoms with Crippen LogP contribution in [0.1, 0.15) is 17.9 Å². The summed E-state index contributed by atoms with van der Waals surface area (Å²) in [7, 11) is 1.43. The summed E-state index contributed by atoms with van der Waals surface area (Å²) >= 11 is 1.95. The number of rotatable bonds is 4. The summed E-state index contributed by atoms with van der Waals surface area (Å²) in [5.74, 6) is 1.55. The second-order valence-electron chi connectivity index (χ2n) is 5.58. The number of thioether (sulfide) groups is 1. The van der Waals surface area contributed by atoms with Crippen LogP contribution < -0.4 is 0 Å². The second kappa shape index (κ2) is 6.81.